The highest BCUT2D eigenvalue weighted by Crippen LogP contribution is 2.45. The van der Waals surface area contributed by atoms with Gasteiger partial charge in [-0.3, -0.25) is 14.5 Å². The Balaban J connectivity index is 1.78. The summed E-state index contributed by atoms with van der Waals surface area (Å²) in [5.41, 5.74) is 1.48. The van der Waals surface area contributed by atoms with Crippen molar-refractivity contribution < 1.29 is 24.2 Å². The Labute approximate surface area is 225 Å². The molecule has 1 amide bonds. The van der Waals surface area contributed by atoms with Gasteiger partial charge >= 0.3 is 0 Å². The summed E-state index contributed by atoms with van der Waals surface area (Å²) in [6.45, 7) is 4.50. The van der Waals surface area contributed by atoms with Crippen molar-refractivity contribution >= 4 is 45.5 Å². The fourth-order valence-corrected chi connectivity index (χ4v) is 4.98. The highest BCUT2D eigenvalue weighted by molar-refractivity contribution is 6.52. The Morgan fingerprint density at radius 2 is 1.61 bits per heavy atom. The van der Waals surface area contributed by atoms with Gasteiger partial charge in [0.2, 0.25) is 0 Å². The molecule has 0 aliphatic carbocycles. The molecular formula is C31H26ClNO5. The van der Waals surface area contributed by atoms with E-state index in [1.807, 2.05) is 56.3 Å². The minimum Gasteiger partial charge on any atom is -0.507 e. The van der Waals surface area contributed by atoms with Crippen LogP contribution in [-0.2, 0) is 9.59 Å². The van der Waals surface area contributed by atoms with Gasteiger partial charge in [0.1, 0.15) is 17.3 Å². The van der Waals surface area contributed by atoms with E-state index in [4.69, 9.17) is 21.1 Å². The lowest BCUT2D eigenvalue weighted by atomic mass is 9.91. The smallest absolute Gasteiger partial charge is 0.300 e. The van der Waals surface area contributed by atoms with Crippen LogP contribution in [-0.4, -0.2) is 30.0 Å². The molecule has 1 heterocycles. The number of hydrogen-bond donors (Lipinski definition) is 1. The number of ether oxygens (including phenoxy) is 2. The van der Waals surface area contributed by atoms with Crippen molar-refractivity contribution in [1.82, 2.24) is 0 Å². The lowest BCUT2D eigenvalue weighted by molar-refractivity contribution is -0.132. The molecule has 6 nitrogen and oxygen atoms in total. The van der Waals surface area contributed by atoms with Crippen LogP contribution in [0.1, 0.15) is 31.0 Å². The molecule has 0 aromatic heterocycles. The summed E-state index contributed by atoms with van der Waals surface area (Å²) in [5.74, 6) is -0.920. The Kier molecular flexibility index (Phi) is 7.07. The fraction of sp³-hybridized carbons (Fsp3) is 0.161. The van der Waals surface area contributed by atoms with E-state index in [0.717, 1.165) is 10.8 Å². The maximum Gasteiger partial charge on any atom is 0.300 e. The third-order valence-corrected chi connectivity index (χ3v) is 6.74. The van der Waals surface area contributed by atoms with Gasteiger partial charge in [-0.15, -0.1) is 0 Å². The van der Waals surface area contributed by atoms with Crippen LogP contribution in [0.2, 0.25) is 5.02 Å². The predicted molar refractivity (Wildman–Crippen MR) is 149 cm³/mol. The van der Waals surface area contributed by atoms with Crippen molar-refractivity contribution in [2.75, 3.05) is 18.1 Å². The zero-order valence-electron chi connectivity index (χ0n) is 21.0. The molecule has 1 unspecified atom stereocenters. The lowest BCUT2D eigenvalue weighted by Gasteiger charge is -2.26. The van der Waals surface area contributed by atoms with E-state index < -0.39 is 17.7 Å². The average molecular weight is 528 g/mol. The summed E-state index contributed by atoms with van der Waals surface area (Å²) in [4.78, 5) is 28.6. The van der Waals surface area contributed by atoms with Crippen molar-refractivity contribution in [2.45, 2.75) is 19.9 Å². The second-order valence-corrected chi connectivity index (χ2v) is 9.17. The number of hydrogen-bond acceptors (Lipinski definition) is 5. The first-order chi connectivity index (χ1) is 18.4. The van der Waals surface area contributed by atoms with Gasteiger partial charge in [0, 0.05) is 16.8 Å². The van der Waals surface area contributed by atoms with Gasteiger partial charge in [-0.2, -0.15) is 0 Å². The number of aliphatic hydroxyl groups is 1. The first-order valence-corrected chi connectivity index (χ1v) is 12.8. The van der Waals surface area contributed by atoms with E-state index in [9.17, 15) is 14.7 Å². The van der Waals surface area contributed by atoms with Gasteiger partial charge in [0.15, 0.2) is 0 Å². The normalized spacial score (nSPS) is 16.7. The molecule has 0 spiro atoms. The molecule has 1 fully saturated rings. The van der Waals surface area contributed by atoms with Crippen LogP contribution in [0.25, 0.3) is 16.5 Å². The third-order valence-electron chi connectivity index (χ3n) is 6.49. The Morgan fingerprint density at radius 1 is 0.895 bits per heavy atom. The van der Waals surface area contributed by atoms with Crippen molar-refractivity contribution in [3.8, 4) is 11.5 Å². The van der Waals surface area contributed by atoms with E-state index in [0.29, 0.717) is 46.5 Å². The van der Waals surface area contributed by atoms with Gasteiger partial charge in [0.05, 0.1) is 30.4 Å². The number of halogens is 1. The highest BCUT2D eigenvalue weighted by Gasteiger charge is 2.47. The van der Waals surface area contributed by atoms with Gasteiger partial charge in [-0.05, 0) is 66.6 Å². The molecule has 4 aromatic rings. The van der Waals surface area contributed by atoms with Gasteiger partial charge in [-0.25, -0.2) is 0 Å². The van der Waals surface area contributed by atoms with Crippen molar-refractivity contribution in [2.24, 2.45) is 0 Å². The molecule has 1 aliphatic rings. The van der Waals surface area contributed by atoms with Crippen molar-refractivity contribution in [1.29, 1.82) is 0 Å². The van der Waals surface area contributed by atoms with Crippen LogP contribution >= 0.6 is 11.6 Å². The van der Waals surface area contributed by atoms with Crippen LogP contribution in [0.3, 0.4) is 0 Å². The van der Waals surface area contributed by atoms with E-state index in [1.54, 1.807) is 42.5 Å². The summed E-state index contributed by atoms with van der Waals surface area (Å²) in [6.07, 6.45) is 0. The SMILES string of the molecule is CCOc1ccc(/C(O)=C2\C(=O)C(=O)N(c3ccc(Cl)cc3)C2c2cccc3ccccc23)c(OCC)c1. The number of aliphatic hydroxyl groups excluding tert-OH is 1. The maximum atomic E-state index is 13.6. The molecule has 1 aliphatic heterocycles. The molecule has 1 saturated heterocycles. The second kappa shape index (κ2) is 10.6. The van der Waals surface area contributed by atoms with E-state index in [1.165, 1.54) is 4.90 Å². The third kappa shape index (κ3) is 4.48. The Morgan fingerprint density at radius 3 is 2.34 bits per heavy atom. The molecule has 1 N–H and O–H groups in total. The van der Waals surface area contributed by atoms with Crippen molar-refractivity contribution in [3.05, 3.63) is 107 Å². The number of anilines is 1. The summed E-state index contributed by atoms with van der Waals surface area (Å²) in [7, 11) is 0. The average Bonchev–Trinajstić information content (AvgIpc) is 3.19. The molecule has 0 saturated carbocycles. The van der Waals surface area contributed by atoms with Gasteiger partial charge < -0.3 is 14.6 Å². The van der Waals surface area contributed by atoms with E-state index >= 15 is 0 Å². The summed E-state index contributed by atoms with van der Waals surface area (Å²) < 4.78 is 11.4. The first-order valence-electron chi connectivity index (χ1n) is 12.4. The van der Waals surface area contributed by atoms with Crippen LogP contribution < -0.4 is 14.4 Å². The second-order valence-electron chi connectivity index (χ2n) is 8.74. The highest BCUT2D eigenvalue weighted by atomic mass is 35.5. The topological polar surface area (TPSA) is 76.1 Å². The largest absolute Gasteiger partial charge is 0.507 e. The number of nitrogens with zero attached hydrogens (tertiary/aromatic N) is 1. The number of amides is 1. The number of fused-ring (bicyclic) bond motifs is 1. The number of benzene rings is 4. The fourth-order valence-electron chi connectivity index (χ4n) is 4.86. The zero-order valence-corrected chi connectivity index (χ0v) is 21.7. The van der Waals surface area contributed by atoms with Crippen LogP contribution in [0.5, 0.6) is 11.5 Å². The van der Waals surface area contributed by atoms with Gasteiger partial charge in [-0.1, -0.05) is 54.1 Å². The maximum absolute atomic E-state index is 13.6. The standard InChI is InChI=1S/C31H26ClNO5/c1-3-37-22-16-17-25(26(18-22)38-4-2)29(34)27-28(24-11-7-9-19-8-5-6-10-23(19)24)33(31(36)30(27)35)21-14-12-20(32)13-15-21/h5-18,28,34H,3-4H2,1-2H3/b29-27+. The van der Waals surface area contributed by atoms with Crippen LogP contribution in [0.4, 0.5) is 5.69 Å². The molecule has 1 atom stereocenters. The van der Waals surface area contributed by atoms with E-state index in [-0.39, 0.29) is 11.3 Å². The molecule has 0 bridgehead atoms. The first kappa shape index (κ1) is 25.4. The number of carbonyl (C=O) groups excluding carboxylic acids is 2. The predicted octanol–water partition coefficient (Wildman–Crippen LogP) is 6.92. The molecule has 4 aromatic carbocycles. The van der Waals surface area contributed by atoms with Gasteiger partial charge in [0.25, 0.3) is 11.7 Å². The van der Waals surface area contributed by atoms with Crippen LogP contribution in [0, 0.1) is 0 Å². The molecule has 38 heavy (non-hydrogen) atoms. The van der Waals surface area contributed by atoms with E-state index in [2.05, 4.69) is 0 Å². The summed E-state index contributed by atoms with van der Waals surface area (Å²) >= 11 is 6.11. The van der Waals surface area contributed by atoms with Crippen molar-refractivity contribution in [3.63, 3.8) is 0 Å². The summed E-state index contributed by atoms with van der Waals surface area (Å²) in [5, 5.41) is 14.0. The molecule has 192 valence electrons. The minimum atomic E-state index is -0.886. The zero-order chi connectivity index (χ0) is 26.8. The number of ketones is 1. The quantitative estimate of drug-likeness (QED) is 0.160. The minimum absolute atomic E-state index is 0.0218. The number of Topliss-reactive ketones (excluding diaryl/α,β-unsaturated/α-hetero) is 1. The Hall–Kier alpha value is -4.29. The number of carbonyl (C=O) groups is 2. The summed E-state index contributed by atoms with van der Waals surface area (Å²) in [6, 6.07) is 24.3. The monoisotopic (exact) mass is 527 g/mol. The molecule has 7 heteroatoms. The molecule has 5 rings (SSSR count). The Bertz CT molecular complexity index is 1560. The lowest BCUT2D eigenvalue weighted by Crippen LogP contribution is -2.29. The molecule has 0 radical (unpaired) electrons. The van der Waals surface area contributed by atoms with Crippen LogP contribution in [0.15, 0.2) is 90.5 Å². The molecular weight excluding hydrogens is 502 g/mol. The number of rotatable bonds is 7.